The van der Waals surface area contributed by atoms with Crippen LogP contribution >= 0.6 is 11.3 Å². The Balaban J connectivity index is 2.16. The summed E-state index contributed by atoms with van der Waals surface area (Å²) in [5.74, 6) is -0.641. The summed E-state index contributed by atoms with van der Waals surface area (Å²) in [6, 6.07) is 6.97. The van der Waals surface area contributed by atoms with Crippen molar-refractivity contribution in [3.63, 3.8) is 0 Å². The van der Waals surface area contributed by atoms with Crippen molar-refractivity contribution >= 4 is 27.3 Å². The molecule has 1 amide bonds. The molecule has 2 N–H and O–H groups in total. The molecule has 0 aliphatic carbocycles. The molecule has 1 atom stereocenters. The number of alkyl halides is 3. The van der Waals surface area contributed by atoms with Gasteiger partial charge in [0.2, 0.25) is 5.91 Å². The average molecular weight is 435 g/mol. The lowest BCUT2D eigenvalue weighted by molar-refractivity contribution is -0.137. The third-order valence-electron chi connectivity index (χ3n) is 3.90. The minimum atomic E-state index is -4.50. The number of carbonyl (C=O) groups excluding carboxylic acids is 1. The fourth-order valence-corrected chi connectivity index (χ4v) is 4.57. The zero-order valence-electron chi connectivity index (χ0n) is 15.5. The molecule has 0 fully saturated rings. The molecule has 1 unspecified atom stereocenters. The molecule has 2 aromatic rings. The van der Waals surface area contributed by atoms with Crippen molar-refractivity contribution in [2.75, 3.05) is 6.54 Å². The summed E-state index contributed by atoms with van der Waals surface area (Å²) < 4.78 is 65.5. The van der Waals surface area contributed by atoms with E-state index in [-0.39, 0.29) is 9.77 Å². The van der Waals surface area contributed by atoms with Gasteiger partial charge in [-0.15, -0.1) is 11.3 Å². The van der Waals surface area contributed by atoms with E-state index in [0.717, 1.165) is 23.5 Å². The Hall–Kier alpha value is -1.91. The number of hydrogen-bond donors (Lipinski definition) is 2. The molecule has 0 spiro atoms. The lowest BCUT2D eigenvalue weighted by atomic mass is 9.82. The number of sulfonamides is 1. The quantitative estimate of drug-likeness (QED) is 0.723. The molecular formula is C18H21F3N2O3S2. The number of rotatable bonds is 6. The van der Waals surface area contributed by atoms with Gasteiger partial charge in [-0.1, -0.05) is 39.0 Å². The summed E-state index contributed by atoms with van der Waals surface area (Å²) in [6.45, 7) is 4.79. The van der Waals surface area contributed by atoms with Crippen LogP contribution in [0.3, 0.4) is 0 Å². The van der Waals surface area contributed by atoms with Crippen molar-refractivity contribution in [1.29, 1.82) is 0 Å². The first-order valence-corrected chi connectivity index (χ1v) is 10.7. The van der Waals surface area contributed by atoms with Gasteiger partial charge in [0, 0.05) is 0 Å². The van der Waals surface area contributed by atoms with Crippen molar-refractivity contribution in [3.8, 4) is 0 Å². The molecule has 10 heteroatoms. The molecule has 1 aromatic carbocycles. The van der Waals surface area contributed by atoms with Gasteiger partial charge in [-0.2, -0.15) is 13.2 Å². The number of carbonyl (C=O) groups is 1. The summed E-state index contributed by atoms with van der Waals surface area (Å²) >= 11 is 1.01. The fourth-order valence-electron chi connectivity index (χ4n) is 2.55. The molecule has 0 aliphatic heterocycles. The van der Waals surface area contributed by atoms with E-state index in [1.165, 1.54) is 18.2 Å². The van der Waals surface area contributed by atoms with Crippen molar-refractivity contribution in [2.24, 2.45) is 5.41 Å². The van der Waals surface area contributed by atoms with E-state index >= 15 is 0 Å². The second kappa shape index (κ2) is 8.22. The molecule has 1 aromatic heterocycles. The highest BCUT2D eigenvalue weighted by molar-refractivity contribution is 7.91. The van der Waals surface area contributed by atoms with E-state index in [0.29, 0.717) is 0 Å². The summed E-state index contributed by atoms with van der Waals surface area (Å²) in [7, 11) is -3.82. The number of nitrogens with one attached hydrogen (secondary N) is 2. The Labute approximate surface area is 166 Å². The SMILES string of the molecule is CC(C)(C)C(NC(=O)CNS(=O)(=O)c1cccs1)c1cccc(C(F)(F)F)c1. The number of halogens is 3. The van der Waals surface area contributed by atoms with E-state index in [9.17, 15) is 26.4 Å². The van der Waals surface area contributed by atoms with Crippen molar-refractivity contribution in [2.45, 2.75) is 37.2 Å². The second-order valence-corrected chi connectivity index (χ2v) is 10.2. The van der Waals surface area contributed by atoms with Crippen LogP contribution in [0.15, 0.2) is 46.0 Å². The van der Waals surface area contributed by atoms with Gasteiger partial charge < -0.3 is 5.32 Å². The molecule has 154 valence electrons. The maximum absolute atomic E-state index is 13.0. The third-order valence-corrected chi connectivity index (χ3v) is 6.70. The van der Waals surface area contributed by atoms with Crippen molar-refractivity contribution < 1.29 is 26.4 Å². The second-order valence-electron chi connectivity index (χ2n) is 7.25. The van der Waals surface area contributed by atoms with Crippen molar-refractivity contribution in [1.82, 2.24) is 10.0 Å². The molecule has 0 saturated heterocycles. The lowest BCUT2D eigenvalue weighted by Crippen LogP contribution is -2.42. The topological polar surface area (TPSA) is 75.3 Å². The molecule has 2 rings (SSSR count). The van der Waals surface area contributed by atoms with Crippen LogP contribution in [0, 0.1) is 5.41 Å². The van der Waals surface area contributed by atoms with Crippen LogP contribution in [-0.4, -0.2) is 20.9 Å². The van der Waals surface area contributed by atoms with E-state index < -0.39 is 45.7 Å². The predicted octanol–water partition coefficient (Wildman–Crippen LogP) is 3.95. The molecule has 0 aliphatic rings. The van der Waals surface area contributed by atoms with Gasteiger partial charge in [-0.25, -0.2) is 13.1 Å². The number of hydrogen-bond acceptors (Lipinski definition) is 4. The summed E-state index contributed by atoms with van der Waals surface area (Å²) in [4.78, 5) is 12.3. The summed E-state index contributed by atoms with van der Waals surface area (Å²) in [5.41, 5.74) is -1.13. The number of thiophene rings is 1. The number of amides is 1. The summed E-state index contributed by atoms with van der Waals surface area (Å²) in [6.07, 6.45) is -4.50. The average Bonchev–Trinajstić information content (AvgIpc) is 3.12. The van der Waals surface area contributed by atoms with Crippen LogP contribution in [0.25, 0.3) is 0 Å². The Morgan fingerprint density at radius 1 is 1.14 bits per heavy atom. The molecular weight excluding hydrogens is 413 g/mol. The zero-order valence-corrected chi connectivity index (χ0v) is 17.1. The van der Waals surface area contributed by atoms with Crippen molar-refractivity contribution in [3.05, 3.63) is 52.9 Å². The smallest absolute Gasteiger partial charge is 0.348 e. The molecule has 0 saturated carbocycles. The normalized spacial score (nSPS) is 13.9. The van der Waals surface area contributed by atoms with Gasteiger partial charge in [0.25, 0.3) is 10.0 Å². The van der Waals surface area contributed by atoms with E-state index in [1.54, 1.807) is 32.2 Å². The van der Waals surface area contributed by atoms with E-state index in [1.807, 2.05) is 0 Å². The maximum Gasteiger partial charge on any atom is 0.416 e. The highest BCUT2D eigenvalue weighted by Gasteiger charge is 2.33. The van der Waals surface area contributed by atoms with E-state index in [2.05, 4.69) is 10.0 Å². The fraction of sp³-hybridized carbons (Fsp3) is 0.389. The molecule has 28 heavy (non-hydrogen) atoms. The van der Waals surface area contributed by atoms with Gasteiger partial charge in [-0.3, -0.25) is 4.79 Å². The first-order valence-electron chi connectivity index (χ1n) is 8.30. The first-order chi connectivity index (χ1) is 12.8. The maximum atomic E-state index is 13.0. The molecule has 5 nitrogen and oxygen atoms in total. The van der Waals surface area contributed by atoms with Crippen LogP contribution in [0.2, 0.25) is 0 Å². The molecule has 1 heterocycles. The third kappa shape index (κ3) is 5.79. The monoisotopic (exact) mass is 434 g/mol. The highest BCUT2D eigenvalue weighted by Crippen LogP contribution is 2.36. The molecule has 0 radical (unpaired) electrons. The van der Waals surface area contributed by atoms with E-state index in [4.69, 9.17) is 0 Å². The van der Waals surface area contributed by atoms with Crippen LogP contribution in [-0.2, 0) is 21.0 Å². The lowest BCUT2D eigenvalue weighted by Gasteiger charge is -2.32. The van der Waals surface area contributed by atoms with Crippen LogP contribution in [0.4, 0.5) is 13.2 Å². The molecule has 0 bridgehead atoms. The Bertz CT molecular complexity index is 918. The Morgan fingerprint density at radius 3 is 2.36 bits per heavy atom. The standard InChI is InChI=1S/C18H21F3N2O3S2/c1-17(2,3)16(12-6-4-7-13(10-12)18(19,20)21)23-14(24)11-22-28(25,26)15-8-5-9-27-15/h4-10,16,22H,11H2,1-3H3,(H,23,24). The zero-order chi connectivity index (χ0) is 21.2. The van der Waals surface area contributed by atoms with Crippen LogP contribution < -0.4 is 10.0 Å². The van der Waals surface area contributed by atoms with Crippen LogP contribution in [0.1, 0.15) is 37.9 Å². The minimum Gasteiger partial charge on any atom is -0.348 e. The number of benzene rings is 1. The van der Waals surface area contributed by atoms with Gasteiger partial charge >= 0.3 is 6.18 Å². The Morgan fingerprint density at radius 2 is 1.82 bits per heavy atom. The van der Waals surface area contributed by atoms with Gasteiger partial charge in [0.15, 0.2) is 0 Å². The highest BCUT2D eigenvalue weighted by atomic mass is 32.2. The van der Waals surface area contributed by atoms with Gasteiger partial charge in [0.1, 0.15) is 4.21 Å². The van der Waals surface area contributed by atoms with Crippen LogP contribution in [0.5, 0.6) is 0 Å². The minimum absolute atomic E-state index is 0.0746. The largest absolute Gasteiger partial charge is 0.416 e. The predicted molar refractivity (Wildman–Crippen MR) is 101 cm³/mol. The van der Waals surface area contributed by atoms with Gasteiger partial charge in [0.05, 0.1) is 18.2 Å². The Kier molecular flexibility index (Phi) is 6.57. The first kappa shape index (κ1) is 22.4. The summed E-state index contributed by atoms with van der Waals surface area (Å²) in [5, 5.41) is 4.24. The van der Waals surface area contributed by atoms with Gasteiger partial charge in [-0.05, 0) is 34.6 Å².